The molecule has 0 aliphatic carbocycles. The molecule has 0 N–H and O–H groups in total. The van der Waals surface area contributed by atoms with E-state index in [4.69, 9.17) is 0 Å². The maximum Gasteiger partial charge on any atom is 0.0730 e. The van der Waals surface area contributed by atoms with Crippen LogP contribution in [-0.2, 0) is 6.42 Å². The van der Waals surface area contributed by atoms with Crippen molar-refractivity contribution in [2.75, 3.05) is 0 Å². The van der Waals surface area contributed by atoms with Gasteiger partial charge in [0.1, 0.15) is 0 Å². The van der Waals surface area contributed by atoms with E-state index in [9.17, 15) is 0 Å². The van der Waals surface area contributed by atoms with Crippen LogP contribution in [0, 0.1) is 5.92 Å². The van der Waals surface area contributed by atoms with Crippen molar-refractivity contribution in [2.45, 2.75) is 58.8 Å². The fourth-order valence-corrected chi connectivity index (χ4v) is 3.49. The van der Waals surface area contributed by atoms with Crippen LogP contribution in [0.1, 0.15) is 57.9 Å². The van der Waals surface area contributed by atoms with Crippen LogP contribution in [0.5, 0.6) is 0 Å². The van der Waals surface area contributed by atoms with Crippen LogP contribution in [-0.4, -0.2) is 0 Å². The van der Waals surface area contributed by atoms with E-state index in [2.05, 4.69) is 41.2 Å². The Morgan fingerprint density at radius 2 is 2.00 bits per heavy atom. The lowest BCUT2D eigenvalue weighted by molar-refractivity contribution is 0.422. The van der Waals surface area contributed by atoms with Gasteiger partial charge in [0.15, 0.2) is 0 Å². The van der Waals surface area contributed by atoms with Gasteiger partial charge in [-0.3, -0.25) is 0 Å². The normalized spacial score (nSPS) is 12.9. The second-order valence-corrected chi connectivity index (χ2v) is 6.81. The van der Waals surface area contributed by atoms with Crippen LogP contribution in [0.3, 0.4) is 0 Å². The molecule has 1 atom stereocenters. The molecule has 2 heteroatoms. The van der Waals surface area contributed by atoms with Crippen molar-refractivity contribution in [1.82, 2.24) is 0 Å². The molecule has 1 rings (SSSR count). The standard InChI is InChI=1S/C14H23BrS/c1-3-5-6-8-12(7-4-2)11-13-9-10-16-14(13)15/h9-10,12H,3-8,11H2,1-2H3. The first-order valence-corrected chi connectivity index (χ1v) is 8.17. The molecule has 0 bridgehead atoms. The number of rotatable bonds is 8. The van der Waals surface area contributed by atoms with Gasteiger partial charge >= 0.3 is 0 Å². The molecule has 1 aromatic rings. The molecule has 1 unspecified atom stereocenters. The van der Waals surface area contributed by atoms with Crippen LogP contribution in [0.25, 0.3) is 0 Å². The Morgan fingerprint density at radius 1 is 1.19 bits per heavy atom. The Kier molecular flexibility index (Phi) is 7.39. The van der Waals surface area contributed by atoms with Gasteiger partial charge in [-0.15, -0.1) is 11.3 Å². The Labute approximate surface area is 113 Å². The van der Waals surface area contributed by atoms with E-state index in [1.807, 2.05) is 11.3 Å². The van der Waals surface area contributed by atoms with Crippen molar-refractivity contribution >= 4 is 27.3 Å². The minimum Gasteiger partial charge on any atom is -0.137 e. The van der Waals surface area contributed by atoms with Gasteiger partial charge in [-0.2, -0.15) is 0 Å². The van der Waals surface area contributed by atoms with E-state index in [1.54, 1.807) is 0 Å². The molecule has 0 aliphatic heterocycles. The highest BCUT2D eigenvalue weighted by Crippen LogP contribution is 2.29. The third-order valence-electron chi connectivity index (χ3n) is 3.11. The van der Waals surface area contributed by atoms with Crippen LogP contribution in [0.2, 0.25) is 0 Å². The van der Waals surface area contributed by atoms with E-state index < -0.39 is 0 Å². The van der Waals surface area contributed by atoms with Crippen LogP contribution < -0.4 is 0 Å². The Balaban J connectivity index is 2.41. The van der Waals surface area contributed by atoms with E-state index in [1.165, 1.54) is 54.3 Å². The first-order chi connectivity index (χ1) is 7.77. The largest absolute Gasteiger partial charge is 0.137 e. The molecule has 0 saturated carbocycles. The summed E-state index contributed by atoms with van der Waals surface area (Å²) in [6.07, 6.45) is 9.51. The first kappa shape index (κ1) is 14.2. The summed E-state index contributed by atoms with van der Waals surface area (Å²) in [5.41, 5.74) is 1.51. The van der Waals surface area contributed by atoms with Crippen molar-refractivity contribution in [3.8, 4) is 0 Å². The van der Waals surface area contributed by atoms with E-state index >= 15 is 0 Å². The highest BCUT2D eigenvalue weighted by molar-refractivity contribution is 9.11. The fourth-order valence-electron chi connectivity index (χ4n) is 2.22. The Hall–Kier alpha value is 0.180. The van der Waals surface area contributed by atoms with Gasteiger partial charge in [0, 0.05) is 0 Å². The Morgan fingerprint density at radius 3 is 2.56 bits per heavy atom. The van der Waals surface area contributed by atoms with Crippen LogP contribution in [0.4, 0.5) is 0 Å². The zero-order valence-electron chi connectivity index (χ0n) is 10.5. The first-order valence-electron chi connectivity index (χ1n) is 6.49. The second kappa shape index (κ2) is 8.30. The topological polar surface area (TPSA) is 0 Å². The molecular weight excluding hydrogens is 280 g/mol. The summed E-state index contributed by atoms with van der Waals surface area (Å²) in [5.74, 6) is 0.891. The zero-order valence-corrected chi connectivity index (χ0v) is 12.9. The average Bonchev–Trinajstić information content (AvgIpc) is 2.65. The van der Waals surface area contributed by atoms with Crippen molar-refractivity contribution in [1.29, 1.82) is 0 Å². The molecule has 92 valence electrons. The maximum atomic E-state index is 3.65. The highest BCUT2D eigenvalue weighted by Gasteiger charge is 2.11. The highest BCUT2D eigenvalue weighted by atomic mass is 79.9. The minimum absolute atomic E-state index is 0.891. The third kappa shape index (κ3) is 5.01. The molecular formula is C14H23BrS. The Bertz CT molecular complexity index is 280. The predicted molar refractivity (Wildman–Crippen MR) is 78.3 cm³/mol. The lowest BCUT2D eigenvalue weighted by atomic mass is 9.91. The number of unbranched alkanes of at least 4 members (excludes halogenated alkanes) is 2. The van der Waals surface area contributed by atoms with Gasteiger partial charge < -0.3 is 0 Å². The molecule has 0 amide bonds. The summed E-state index contributed by atoms with van der Waals surface area (Å²) in [7, 11) is 0. The molecule has 0 spiro atoms. The van der Waals surface area contributed by atoms with E-state index in [0.29, 0.717) is 0 Å². The summed E-state index contributed by atoms with van der Waals surface area (Å²) in [4.78, 5) is 0. The van der Waals surface area contributed by atoms with Crippen molar-refractivity contribution in [3.63, 3.8) is 0 Å². The summed E-state index contributed by atoms with van der Waals surface area (Å²) >= 11 is 5.46. The van der Waals surface area contributed by atoms with Crippen molar-refractivity contribution < 1.29 is 0 Å². The SMILES string of the molecule is CCCCCC(CCC)Cc1ccsc1Br. The second-order valence-electron chi connectivity index (χ2n) is 4.57. The minimum atomic E-state index is 0.891. The number of hydrogen-bond acceptors (Lipinski definition) is 1. The quantitative estimate of drug-likeness (QED) is 0.513. The van der Waals surface area contributed by atoms with E-state index in [-0.39, 0.29) is 0 Å². The third-order valence-corrected chi connectivity index (χ3v) is 4.93. The lowest BCUT2D eigenvalue weighted by Gasteiger charge is -2.15. The number of hydrogen-bond donors (Lipinski definition) is 0. The molecule has 0 aliphatic rings. The average molecular weight is 303 g/mol. The summed E-state index contributed by atoms with van der Waals surface area (Å²) < 4.78 is 1.34. The molecule has 0 fully saturated rings. The predicted octanol–water partition coefficient (Wildman–Crippen LogP) is 6.05. The van der Waals surface area contributed by atoms with Crippen molar-refractivity contribution in [2.24, 2.45) is 5.92 Å². The van der Waals surface area contributed by atoms with Crippen LogP contribution >= 0.6 is 27.3 Å². The fraction of sp³-hybridized carbons (Fsp3) is 0.714. The van der Waals surface area contributed by atoms with Gasteiger partial charge in [-0.05, 0) is 45.3 Å². The molecule has 0 saturated heterocycles. The molecule has 16 heavy (non-hydrogen) atoms. The monoisotopic (exact) mass is 302 g/mol. The summed E-state index contributed by atoms with van der Waals surface area (Å²) in [5, 5.41) is 2.19. The molecule has 0 radical (unpaired) electrons. The summed E-state index contributed by atoms with van der Waals surface area (Å²) in [6, 6.07) is 2.28. The van der Waals surface area contributed by atoms with Gasteiger partial charge in [0.05, 0.1) is 3.79 Å². The van der Waals surface area contributed by atoms with E-state index in [0.717, 1.165) is 5.92 Å². The zero-order chi connectivity index (χ0) is 11.8. The number of thiophene rings is 1. The van der Waals surface area contributed by atoms with Gasteiger partial charge in [0.2, 0.25) is 0 Å². The molecule has 1 heterocycles. The lowest BCUT2D eigenvalue weighted by Crippen LogP contribution is -2.04. The smallest absolute Gasteiger partial charge is 0.0730 e. The van der Waals surface area contributed by atoms with Gasteiger partial charge in [-0.25, -0.2) is 0 Å². The van der Waals surface area contributed by atoms with Gasteiger partial charge in [-0.1, -0.05) is 52.4 Å². The van der Waals surface area contributed by atoms with Crippen molar-refractivity contribution in [3.05, 3.63) is 20.8 Å². The maximum absolute atomic E-state index is 3.65. The van der Waals surface area contributed by atoms with Gasteiger partial charge in [0.25, 0.3) is 0 Å². The molecule has 1 aromatic heterocycles. The van der Waals surface area contributed by atoms with Crippen LogP contribution in [0.15, 0.2) is 15.2 Å². The molecule has 0 nitrogen and oxygen atoms in total. The summed E-state index contributed by atoms with van der Waals surface area (Å²) in [6.45, 7) is 4.58. The number of halogens is 1. The molecule has 0 aromatic carbocycles.